The summed E-state index contributed by atoms with van der Waals surface area (Å²) in [6.45, 7) is 4.07. The van der Waals surface area contributed by atoms with Crippen molar-refractivity contribution in [2.24, 2.45) is 0 Å². The van der Waals surface area contributed by atoms with Crippen LogP contribution in [-0.2, 0) is 15.9 Å². The lowest BCUT2D eigenvalue weighted by molar-refractivity contribution is -0.348. The van der Waals surface area contributed by atoms with Crippen molar-refractivity contribution in [3.63, 3.8) is 0 Å². The quantitative estimate of drug-likeness (QED) is 0.663. The zero-order chi connectivity index (χ0) is 21.2. The summed E-state index contributed by atoms with van der Waals surface area (Å²) in [5.41, 5.74) is 2.54. The van der Waals surface area contributed by atoms with Gasteiger partial charge in [-0.05, 0) is 55.2 Å². The minimum atomic E-state index is -1.45. The number of hydrogen-bond acceptors (Lipinski definition) is 6. The average Bonchev–Trinajstić information content (AvgIpc) is 2.72. The van der Waals surface area contributed by atoms with Gasteiger partial charge in [-0.3, -0.25) is 0 Å². The summed E-state index contributed by atoms with van der Waals surface area (Å²) in [5.74, 6) is -0.640. The molecule has 158 valence electrons. The second-order valence-electron chi connectivity index (χ2n) is 7.29. The van der Waals surface area contributed by atoms with Gasteiger partial charge in [0.25, 0.3) is 0 Å². The Bertz CT molecular complexity index is 827. The molecule has 0 saturated carbocycles. The van der Waals surface area contributed by atoms with Gasteiger partial charge in [0.05, 0.1) is 6.61 Å². The van der Waals surface area contributed by atoms with E-state index >= 15 is 0 Å². The molecule has 1 aliphatic rings. The smallest absolute Gasteiger partial charge is 0.194 e. The van der Waals surface area contributed by atoms with E-state index < -0.39 is 30.2 Å². The summed E-state index contributed by atoms with van der Waals surface area (Å²) >= 11 is 6.40. The second kappa shape index (κ2) is 9.00. The maximum Gasteiger partial charge on any atom is 0.194 e. The third kappa shape index (κ3) is 4.58. The maximum atomic E-state index is 10.5. The van der Waals surface area contributed by atoms with Gasteiger partial charge < -0.3 is 29.5 Å². The summed E-state index contributed by atoms with van der Waals surface area (Å²) in [6.07, 6.45) is -4.41. The molecule has 0 aromatic heterocycles. The summed E-state index contributed by atoms with van der Waals surface area (Å²) in [6, 6.07) is 13.1. The number of methoxy groups -OCH3 is 1. The van der Waals surface area contributed by atoms with E-state index in [0.29, 0.717) is 23.6 Å². The van der Waals surface area contributed by atoms with Crippen LogP contribution in [0, 0.1) is 0 Å². The van der Waals surface area contributed by atoms with Crippen LogP contribution in [0.15, 0.2) is 42.5 Å². The summed E-state index contributed by atoms with van der Waals surface area (Å²) in [5, 5.41) is 31.5. The molecule has 1 saturated heterocycles. The van der Waals surface area contributed by atoms with Crippen molar-refractivity contribution in [1.82, 2.24) is 0 Å². The fourth-order valence-electron chi connectivity index (χ4n) is 3.50. The van der Waals surface area contributed by atoms with E-state index in [4.69, 9.17) is 25.8 Å². The molecular formula is C22H27ClO6. The molecule has 3 rings (SSSR count). The molecule has 1 aliphatic heterocycles. The number of ether oxygens (including phenoxy) is 3. The number of benzene rings is 2. The Kier molecular flexibility index (Phi) is 6.83. The molecular weight excluding hydrogens is 396 g/mol. The minimum absolute atomic E-state index is 0.578. The van der Waals surface area contributed by atoms with Crippen LogP contribution in [-0.4, -0.2) is 53.1 Å². The average molecular weight is 423 g/mol. The van der Waals surface area contributed by atoms with E-state index in [9.17, 15) is 15.3 Å². The topological polar surface area (TPSA) is 88.4 Å². The molecule has 6 nitrogen and oxygen atoms in total. The Labute approximate surface area is 175 Å². The lowest BCUT2D eigenvalue weighted by Gasteiger charge is -2.46. The first kappa shape index (κ1) is 22.0. The Morgan fingerprint density at radius 3 is 2.38 bits per heavy atom. The molecule has 3 N–H and O–H groups in total. The third-order valence-electron chi connectivity index (χ3n) is 5.31. The highest BCUT2D eigenvalue weighted by atomic mass is 35.5. The van der Waals surface area contributed by atoms with Gasteiger partial charge in [0, 0.05) is 12.1 Å². The van der Waals surface area contributed by atoms with E-state index in [2.05, 4.69) is 0 Å². The van der Waals surface area contributed by atoms with Crippen molar-refractivity contribution in [3.8, 4) is 5.75 Å². The number of aliphatic hydroxyl groups excluding tert-OH is 3. The molecule has 29 heavy (non-hydrogen) atoms. The molecule has 5 atom stereocenters. The lowest BCUT2D eigenvalue weighted by atomic mass is 9.89. The molecule has 0 bridgehead atoms. The molecule has 0 spiro atoms. The lowest BCUT2D eigenvalue weighted by Crippen LogP contribution is -2.61. The number of rotatable bonds is 6. The molecule has 1 heterocycles. The first-order chi connectivity index (χ1) is 13.8. The van der Waals surface area contributed by atoms with Crippen molar-refractivity contribution in [1.29, 1.82) is 0 Å². The number of aliphatic hydroxyl groups is 3. The van der Waals surface area contributed by atoms with E-state index in [1.807, 2.05) is 37.3 Å². The van der Waals surface area contributed by atoms with Crippen LogP contribution >= 0.6 is 11.6 Å². The Balaban J connectivity index is 1.86. The van der Waals surface area contributed by atoms with Crippen molar-refractivity contribution in [3.05, 3.63) is 64.2 Å². The third-order valence-corrected chi connectivity index (χ3v) is 5.68. The predicted octanol–water partition coefficient (Wildman–Crippen LogP) is 2.85. The van der Waals surface area contributed by atoms with Gasteiger partial charge in [-0.15, -0.1) is 0 Å². The summed E-state index contributed by atoms with van der Waals surface area (Å²) in [7, 11) is 1.38. The van der Waals surface area contributed by atoms with Gasteiger partial charge in [0.15, 0.2) is 5.79 Å². The summed E-state index contributed by atoms with van der Waals surface area (Å²) in [4.78, 5) is 0. The highest BCUT2D eigenvalue weighted by Crippen LogP contribution is 2.39. The molecule has 2 aromatic rings. The highest BCUT2D eigenvalue weighted by molar-refractivity contribution is 6.31. The molecule has 2 aromatic carbocycles. The van der Waals surface area contributed by atoms with Crippen LogP contribution in [0.1, 0.15) is 36.6 Å². The van der Waals surface area contributed by atoms with E-state index in [1.165, 1.54) is 14.0 Å². The van der Waals surface area contributed by atoms with Gasteiger partial charge in [0.1, 0.15) is 30.2 Å². The van der Waals surface area contributed by atoms with Gasteiger partial charge in [-0.25, -0.2) is 0 Å². The minimum Gasteiger partial charge on any atom is -0.494 e. The van der Waals surface area contributed by atoms with Gasteiger partial charge in [0.2, 0.25) is 0 Å². The molecule has 1 unspecified atom stereocenters. The Hall–Kier alpha value is -1.67. The highest BCUT2D eigenvalue weighted by Gasteiger charge is 2.51. The maximum absolute atomic E-state index is 10.5. The van der Waals surface area contributed by atoms with Crippen LogP contribution in [0.4, 0.5) is 0 Å². The van der Waals surface area contributed by atoms with Gasteiger partial charge >= 0.3 is 0 Å². The largest absolute Gasteiger partial charge is 0.494 e. The van der Waals surface area contributed by atoms with Crippen LogP contribution in [0.3, 0.4) is 0 Å². The zero-order valence-corrected chi connectivity index (χ0v) is 17.5. The fourth-order valence-corrected chi connectivity index (χ4v) is 3.68. The van der Waals surface area contributed by atoms with Crippen molar-refractivity contribution in [2.45, 2.75) is 50.5 Å². The van der Waals surface area contributed by atoms with Crippen LogP contribution in [0.25, 0.3) is 0 Å². The van der Waals surface area contributed by atoms with Crippen LogP contribution in [0.2, 0.25) is 5.02 Å². The number of hydrogen-bond donors (Lipinski definition) is 3. The van der Waals surface area contributed by atoms with Crippen molar-refractivity contribution < 1.29 is 29.5 Å². The fraction of sp³-hybridized carbons (Fsp3) is 0.455. The van der Waals surface area contributed by atoms with E-state index in [-0.39, 0.29) is 0 Å². The molecule has 0 amide bonds. The normalized spacial score (nSPS) is 29.6. The van der Waals surface area contributed by atoms with E-state index in [1.54, 1.807) is 12.1 Å². The van der Waals surface area contributed by atoms with Crippen molar-refractivity contribution >= 4 is 11.6 Å². The van der Waals surface area contributed by atoms with E-state index in [0.717, 1.165) is 16.9 Å². The zero-order valence-electron chi connectivity index (χ0n) is 16.7. The Morgan fingerprint density at radius 2 is 1.76 bits per heavy atom. The molecule has 0 aliphatic carbocycles. The molecule has 7 heteroatoms. The van der Waals surface area contributed by atoms with Gasteiger partial charge in [-0.2, -0.15) is 0 Å². The summed E-state index contributed by atoms with van der Waals surface area (Å²) < 4.78 is 16.6. The Morgan fingerprint density at radius 1 is 1.07 bits per heavy atom. The molecule has 0 radical (unpaired) electrons. The SMILES string of the molecule is CCOc1ccc(Cc2cc([C@@H]3OC(C)(OC)[C@@H](O)[C@H](O)[C@H]3O)ccc2Cl)cc1. The first-order valence-corrected chi connectivity index (χ1v) is 9.94. The monoisotopic (exact) mass is 422 g/mol. The first-order valence-electron chi connectivity index (χ1n) is 9.56. The van der Waals surface area contributed by atoms with Crippen molar-refractivity contribution in [2.75, 3.05) is 13.7 Å². The second-order valence-corrected chi connectivity index (χ2v) is 7.70. The standard InChI is InChI=1S/C22H27ClO6/c1-4-28-16-8-5-13(6-9-16)11-15-12-14(7-10-17(15)23)20-18(24)19(25)21(26)22(2,27-3)29-20/h5-10,12,18-21,24-26H,4,11H2,1-3H3/t18-,19-,20+,21+,22?/m1/s1. The van der Waals surface area contributed by atoms with Gasteiger partial charge in [-0.1, -0.05) is 35.9 Å². The van der Waals surface area contributed by atoms with Crippen LogP contribution in [0.5, 0.6) is 5.75 Å². The number of halogens is 1. The molecule has 1 fully saturated rings. The predicted molar refractivity (Wildman–Crippen MR) is 109 cm³/mol. The van der Waals surface area contributed by atoms with Crippen LogP contribution < -0.4 is 4.74 Å².